The molecule has 0 saturated carbocycles. The summed E-state index contributed by atoms with van der Waals surface area (Å²) in [6.07, 6.45) is 0. The van der Waals surface area contributed by atoms with Gasteiger partial charge in [-0.05, 0) is 19.1 Å². The molecule has 0 bridgehead atoms. The average Bonchev–Trinajstić information content (AvgIpc) is 2.49. The fraction of sp³-hybridized carbons (Fsp3) is 0.0714. The van der Waals surface area contributed by atoms with Gasteiger partial charge in [-0.2, -0.15) is 0 Å². The van der Waals surface area contributed by atoms with Gasteiger partial charge in [0.1, 0.15) is 5.56 Å². The quantitative estimate of drug-likeness (QED) is 0.688. The highest BCUT2D eigenvalue weighted by molar-refractivity contribution is 6.07. The highest BCUT2D eigenvalue weighted by Crippen LogP contribution is 2.26. The van der Waals surface area contributed by atoms with E-state index in [0.717, 1.165) is 0 Å². The summed E-state index contributed by atoms with van der Waals surface area (Å²) in [5.41, 5.74) is -0.0707. The summed E-state index contributed by atoms with van der Waals surface area (Å²) in [6, 6.07) is 9.73. The lowest BCUT2D eigenvalue weighted by atomic mass is 10.1. The lowest BCUT2D eigenvalue weighted by molar-refractivity contribution is -0.385. The Morgan fingerprint density at radius 1 is 0.955 bits per heavy atom. The summed E-state index contributed by atoms with van der Waals surface area (Å²) in [7, 11) is 0. The predicted octanol–water partition coefficient (Wildman–Crippen LogP) is 3.06. The van der Waals surface area contributed by atoms with Gasteiger partial charge < -0.3 is 5.32 Å². The van der Waals surface area contributed by atoms with Crippen LogP contribution in [0.3, 0.4) is 0 Å². The van der Waals surface area contributed by atoms with E-state index in [1.807, 2.05) is 0 Å². The molecule has 112 valence electrons. The van der Waals surface area contributed by atoms with Gasteiger partial charge in [0.05, 0.1) is 21.1 Å². The van der Waals surface area contributed by atoms with Crippen LogP contribution in [0, 0.1) is 27.2 Å². The van der Waals surface area contributed by atoms with Crippen LogP contribution >= 0.6 is 0 Å². The summed E-state index contributed by atoms with van der Waals surface area (Å²) in [4.78, 5) is 32.8. The van der Waals surface area contributed by atoms with Crippen molar-refractivity contribution in [2.24, 2.45) is 0 Å². The first kappa shape index (κ1) is 15.1. The van der Waals surface area contributed by atoms with E-state index >= 15 is 0 Å². The predicted molar refractivity (Wildman–Crippen MR) is 78.9 cm³/mol. The van der Waals surface area contributed by atoms with Gasteiger partial charge in [0, 0.05) is 12.1 Å². The fourth-order valence-corrected chi connectivity index (χ4v) is 1.97. The minimum Gasteiger partial charge on any atom is -0.321 e. The van der Waals surface area contributed by atoms with Crippen molar-refractivity contribution in [3.05, 3.63) is 73.8 Å². The van der Waals surface area contributed by atoms with E-state index in [0.29, 0.717) is 0 Å². The first-order chi connectivity index (χ1) is 10.4. The van der Waals surface area contributed by atoms with E-state index in [-0.39, 0.29) is 28.2 Å². The van der Waals surface area contributed by atoms with Crippen molar-refractivity contribution in [3.63, 3.8) is 0 Å². The van der Waals surface area contributed by atoms with Crippen molar-refractivity contribution in [1.82, 2.24) is 0 Å². The molecule has 0 atom stereocenters. The molecule has 2 aromatic carbocycles. The van der Waals surface area contributed by atoms with E-state index in [4.69, 9.17) is 0 Å². The van der Waals surface area contributed by atoms with Gasteiger partial charge in [-0.3, -0.25) is 25.0 Å². The minimum absolute atomic E-state index is 0.113. The smallest absolute Gasteiger partial charge is 0.282 e. The van der Waals surface area contributed by atoms with Crippen LogP contribution in [-0.4, -0.2) is 15.8 Å². The van der Waals surface area contributed by atoms with Crippen molar-refractivity contribution in [2.75, 3.05) is 5.32 Å². The number of carbonyl (C=O) groups excluding carboxylic acids is 1. The zero-order chi connectivity index (χ0) is 16.3. The Morgan fingerprint density at radius 3 is 2.18 bits per heavy atom. The molecule has 0 aliphatic heterocycles. The van der Waals surface area contributed by atoms with Gasteiger partial charge in [0.15, 0.2) is 0 Å². The number of nitrogens with one attached hydrogen (secondary N) is 1. The zero-order valence-corrected chi connectivity index (χ0v) is 11.5. The van der Waals surface area contributed by atoms with E-state index in [1.54, 1.807) is 0 Å². The third-order valence-electron chi connectivity index (χ3n) is 3.10. The van der Waals surface area contributed by atoms with Gasteiger partial charge >= 0.3 is 0 Å². The molecular formula is C14H11N3O5. The van der Waals surface area contributed by atoms with Gasteiger partial charge in [0.25, 0.3) is 17.3 Å². The SMILES string of the molecule is Cc1c(NC(=O)c2ccccc2[N+](=O)[O-])cccc1[N+](=O)[O-]. The molecule has 1 N–H and O–H groups in total. The van der Waals surface area contributed by atoms with Crippen LogP contribution < -0.4 is 5.32 Å². The van der Waals surface area contributed by atoms with Crippen molar-refractivity contribution >= 4 is 23.0 Å². The zero-order valence-electron chi connectivity index (χ0n) is 11.5. The van der Waals surface area contributed by atoms with Crippen molar-refractivity contribution in [2.45, 2.75) is 6.92 Å². The molecule has 2 rings (SSSR count). The second-order valence-corrected chi connectivity index (χ2v) is 4.44. The Hall–Kier alpha value is -3.29. The Morgan fingerprint density at radius 2 is 1.55 bits per heavy atom. The summed E-state index contributed by atoms with van der Waals surface area (Å²) < 4.78 is 0. The highest BCUT2D eigenvalue weighted by Gasteiger charge is 2.21. The van der Waals surface area contributed by atoms with Crippen LogP contribution in [0.25, 0.3) is 0 Å². The van der Waals surface area contributed by atoms with E-state index in [2.05, 4.69) is 5.32 Å². The van der Waals surface area contributed by atoms with Crippen molar-refractivity contribution in [3.8, 4) is 0 Å². The molecule has 0 aromatic heterocycles. The second kappa shape index (κ2) is 6.00. The molecular weight excluding hydrogens is 290 g/mol. The molecule has 8 nitrogen and oxygen atoms in total. The van der Waals surface area contributed by atoms with E-state index in [1.165, 1.54) is 49.4 Å². The first-order valence-corrected chi connectivity index (χ1v) is 6.20. The lowest BCUT2D eigenvalue weighted by Crippen LogP contribution is -2.15. The lowest BCUT2D eigenvalue weighted by Gasteiger charge is -2.08. The number of amides is 1. The highest BCUT2D eigenvalue weighted by atomic mass is 16.6. The van der Waals surface area contributed by atoms with E-state index < -0.39 is 15.8 Å². The number of para-hydroxylation sites is 1. The van der Waals surface area contributed by atoms with Gasteiger partial charge in [-0.1, -0.05) is 18.2 Å². The molecule has 0 saturated heterocycles. The first-order valence-electron chi connectivity index (χ1n) is 6.20. The molecule has 0 radical (unpaired) electrons. The molecule has 0 aliphatic rings. The Labute approximate surface area is 124 Å². The maximum atomic E-state index is 12.2. The van der Waals surface area contributed by atoms with Crippen molar-refractivity contribution < 1.29 is 14.6 Å². The van der Waals surface area contributed by atoms with Gasteiger partial charge in [-0.15, -0.1) is 0 Å². The molecule has 2 aromatic rings. The number of rotatable bonds is 4. The summed E-state index contributed by atoms with van der Waals surface area (Å²) in [5.74, 6) is -0.698. The average molecular weight is 301 g/mol. The van der Waals surface area contributed by atoms with Crippen molar-refractivity contribution in [1.29, 1.82) is 0 Å². The normalized spacial score (nSPS) is 10.0. The van der Waals surface area contributed by atoms with E-state index in [9.17, 15) is 25.0 Å². The van der Waals surface area contributed by atoms with Crippen LogP contribution in [0.1, 0.15) is 15.9 Å². The third-order valence-corrected chi connectivity index (χ3v) is 3.10. The summed E-state index contributed by atoms with van der Waals surface area (Å²) in [6.45, 7) is 1.49. The fourth-order valence-electron chi connectivity index (χ4n) is 1.97. The summed E-state index contributed by atoms with van der Waals surface area (Å²) in [5, 5.41) is 24.3. The second-order valence-electron chi connectivity index (χ2n) is 4.44. The minimum atomic E-state index is -0.698. The maximum absolute atomic E-state index is 12.2. The van der Waals surface area contributed by atoms with Crippen LogP contribution in [0.5, 0.6) is 0 Å². The standard InChI is InChI=1S/C14H11N3O5/c1-9-11(6-4-8-12(9)16(19)20)15-14(18)10-5-2-3-7-13(10)17(21)22/h2-8H,1H3,(H,15,18). The topological polar surface area (TPSA) is 115 Å². The van der Waals surface area contributed by atoms with Gasteiger partial charge in [0.2, 0.25) is 0 Å². The molecule has 1 amide bonds. The number of benzene rings is 2. The molecule has 0 unspecified atom stereocenters. The largest absolute Gasteiger partial charge is 0.321 e. The molecule has 22 heavy (non-hydrogen) atoms. The Kier molecular flexibility index (Phi) is 4.12. The number of nitro groups is 2. The molecule has 8 heteroatoms. The van der Waals surface area contributed by atoms with Crippen LogP contribution in [0.15, 0.2) is 42.5 Å². The number of hydrogen-bond acceptors (Lipinski definition) is 5. The maximum Gasteiger partial charge on any atom is 0.282 e. The van der Waals surface area contributed by atoms with Crippen LogP contribution in [0.2, 0.25) is 0 Å². The molecule has 0 fully saturated rings. The molecule has 0 aliphatic carbocycles. The number of nitro benzene ring substituents is 2. The number of nitrogens with zero attached hydrogens (tertiary/aromatic N) is 2. The number of anilines is 1. The van der Waals surface area contributed by atoms with Gasteiger partial charge in [-0.25, -0.2) is 0 Å². The monoisotopic (exact) mass is 301 g/mol. The number of hydrogen-bond donors (Lipinski definition) is 1. The third kappa shape index (κ3) is 2.90. The molecule has 0 heterocycles. The van der Waals surface area contributed by atoms with Crippen LogP contribution in [-0.2, 0) is 0 Å². The Balaban J connectivity index is 2.37. The Bertz CT molecular complexity index is 773. The number of carbonyl (C=O) groups is 1. The molecule has 0 spiro atoms. The summed E-state index contributed by atoms with van der Waals surface area (Å²) >= 11 is 0. The van der Waals surface area contributed by atoms with Crippen LogP contribution in [0.4, 0.5) is 17.1 Å².